The van der Waals surface area contributed by atoms with Crippen LogP contribution in [-0.2, 0) is 0 Å². The SMILES string of the molecule is CC(C)[Si](C#Cc1c2nc3ccccc3nc2c(C#C[Si](C(C)C)(C(C)C)C(C)C)c2nc3c(F)c(F)c(F)c(F)c3nc12)(C(C)C)C(C)C. The standard InChI is InChI=1S/C40H46F4N4Si2/c1-21(2)49(22(3)4,23(5)6)19-17-27-35-36(46-30-16-14-13-15-29(30)45-35)28(18-20-50(24(7)8,25(9)10)26(11)12)38-37(27)47-39-33(43)31(41)32(42)34(44)40(39)48-38/h13-16,21-26H,1-12H3. The molecule has 5 rings (SSSR count). The first-order valence-corrected chi connectivity index (χ1v) is 22.0. The highest BCUT2D eigenvalue weighted by Crippen LogP contribution is 2.43. The summed E-state index contributed by atoms with van der Waals surface area (Å²) in [5, 5.41) is 0. The Morgan fingerprint density at radius 3 is 0.980 bits per heavy atom. The molecule has 2 aromatic heterocycles. The van der Waals surface area contributed by atoms with Crippen LogP contribution in [0.3, 0.4) is 0 Å². The molecule has 4 nitrogen and oxygen atoms in total. The average Bonchev–Trinajstić information content (AvgIpc) is 3.05. The Hall–Kier alpha value is -3.87. The fraction of sp³-hybridized carbons (Fsp3) is 0.450. The molecular weight excluding hydrogens is 669 g/mol. The predicted octanol–water partition coefficient (Wildman–Crippen LogP) is 11.6. The molecule has 10 heteroatoms. The number of aromatic nitrogens is 4. The predicted molar refractivity (Wildman–Crippen MR) is 203 cm³/mol. The first-order chi connectivity index (χ1) is 23.4. The van der Waals surface area contributed by atoms with Crippen LogP contribution in [-0.4, -0.2) is 36.1 Å². The van der Waals surface area contributed by atoms with Crippen LogP contribution in [0.25, 0.3) is 44.1 Å². The van der Waals surface area contributed by atoms with Crippen LogP contribution in [0.5, 0.6) is 0 Å². The summed E-state index contributed by atoms with van der Waals surface area (Å²) in [6.07, 6.45) is 0. The van der Waals surface area contributed by atoms with E-state index in [0.717, 1.165) is 0 Å². The van der Waals surface area contributed by atoms with Gasteiger partial charge in [-0.3, -0.25) is 0 Å². The lowest BCUT2D eigenvalue weighted by molar-refractivity contribution is 0.416. The third-order valence-corrected chi connectivity index (χ3v) is 23.5. The molecule has 0 amide bonds. The lowest BCUT2D eigenvalue weighted by atomic mass is 10.0. The summed E-state index contributed by atoms with van der Waals surface area (Å²) in [6.45, 7) is 26.3. The maximum Gasteiger partial charge on any atom is 0.199 e. The molecule has 0 atom stereocenters. The van der Waals surface area contributed by atoms with Gasteiger partial charge in [0.2, 0.25) is 0 Å². The first kappa shape index (κ1) is 37.4. The highest BCUT2D eigenvalue weighted by atomic mass is 28.3. The molecule has 0 spiro atoms. The van der Waals surface area contributed by atoms with Gasteiger partial charge >= 0.3 is 0 Å². The van der Waals surface area contributed by atoms with Gasteiger partial charge in [-0.1, -0.05) is 107 Å². The molecule has 50 heavy (non-hydrogen) atoms. The first-order valence-electron chi connectivity index (χ1n) is 17.5. The second kappa shape index (κ2) is 13.7. The van der Waals surface area contributed by atoms with Crippen molar-refractivity contribution in [2.75, 3.05) is 0 Å². The van der Waals surface area contributed by atoms with Gasteiger partial charge in [0.1, 0.15) is 49.2 Å². The van der Waals surface area contributed by atoms with Crippen LogP contribution < -0.4 is 0 Å². The Balaban J connectivity index is 2.11. The van der Waals surface area contributed by atoms with Gasteiger partial charge in [0.25, 0.3) is 0 Å². The van der Waals surface area contributed by atoms with Crippen molar-refractivity contribution in [1.82, 2.24) is 19.9 Å². The Morgan fingerprint density at radius 1 is 0.420 bits per heavy atom. The summed E-state index contributed by atoms with van der Waals surface area (Å²) >= 11 is 0. The minimum absolute atomic E-state index is 0.0979. The van der Waals surface area contributed by atoms with Crippen LogP contribution >= 0.6 is 0 Å². The van der Waals surface area contributed by atoms with E-state index in [9.17, 15) is 8.78 Å². The maximum absolute atomic E-state index is 15.4. The number of hydrogen-bond acceptors (Lipinski definition) is 4. The minimum Gasteiger partial charge on any atom is -0.243 e. The average molecular weight is 715 g/mol. The molecular formula is C40H46F4N4Si2. The second-order valence-corrected chi connectivity index (χ2v) is 26.5. The largest absolute Gasteiger partial charge is 0.243 e. The van der Waals surface area contributed by atoms with Gasteiger partial charge in [-0.05, 0) is 45.4 Å². The molecule has 0 fully saturated rings. The van der Waals surface area contributed by atoms with Crippen molar-refractivity contribution in [2.45, 2.75) is 116 Å². The molecule has 0 aliphatic rings. The topological polar surface area (TPSA) is 51.6 Å². The molecule has 0 saturated carbocycles. The van der Waals surface area contributed by atoms with E-state index in [4.69, 9.17) is 9.97 Å². The van der Waals surface area contributed by atoms with E-state index in [1.165, 1.54) is 0 Å². The van der Waals surface area contributed by atoms with Crippen molar-refractivity contribution >= 4 is 60.3 Å². The van der Waals surface area contributed by atoms with Gasteiger partial charge in [-0.25, -0.2) is 37.5 Å². The van der Waals surface area contributed by atoms with E-state index in [1.54, 1.807) is 0 Å². The summed E-state index contributed by atoms with van der Waals surface area (Å²) in [5.74, 6) is -0.252. The summed E-state index contributed by atoms with van der Waals surface area (Å²) < 4.78 is 60.2. The van der Waals surface area contributed by atoms with Crippen molar-refractivity contribution < 1.29 is 17.6 Å². The molecule has 0 unspecified atom stereocenters. The van der Waals surface area contributed by atoms with Crippen molar-refractivity contribution in [1.29, 1.82) is 0 Å². The van der Waals surface area contributed by atoms with E-state index >= 15 is 8.78 Å². The zero-order chi connectivity index (χ0) is 37.0. The summed E-state index contributed by atoms with van der Waals surface area (Å²) in [7, 11) is -4.69. The molecule has 2 heterocycles. The van der Waals surface area contributed by atoms with Gasteiger partial charge in [0.15, 0.2) is 23.3 Å². The van der Waals surface area contributed by atoms with Gasteiger partial charge in [-0.2, -0.15) is 0 Å². The van der Waals surface area contributed by atoms with Gasteiger partial charge in [-0.15, -0.1) is 11.1 Å². The number of halogens is 4. The van der Waals surface area contributed by atoms with Crippen molar-refractivity contribution in [3.05, 3.63) is 58.7 Å². The van der Waals surface area contributed by atoms with Crippen molar-refractivity contribution in [3.63, 3.8) is 0 Å². The molecule has 3 aromatic carbocycles. The number of hydrogen-bond donors (Lipinski definition) is 0. The second-order valence-electron chi connectivity index (χ2n) is 15.3. The summed E-state index contributed by atoms with van der Waals surface area (Å²) in [4.78, 5) is 19.1. The molecule has 5 aromatic rings. The number of fused-ring (bicyclic) bond motifs is 4. The smallest absolute Gasteiger partial charge is 0.199 e. The molecule has 262 valence electrons. The van der Waals surface area contributed by atoms with Crippen LogP contribution in [0.15, 0.2) is 24.3 Å². The molecule has 0 radical (unpaired) electrons. The van der Waals surface area contributed by atoms with Gasteiger partial charge in [0, 0.05) is 0 Å². The van der Waals surface area contributed by atoms with Crippen molar-refractivity contribution in [3.8, 4) is 22.9 Å². The number of benzene rings is 3. The number of rotatable bonds is 6. The number of nitrogens with zero attached hydrogens (tertiary/aromatic N) is 4. The van der Waals surface area contributed by atoms with Crippen LogP contribution in [0.1, 0.15) is 94.2 Å². The molecule has 0 bridgehead atoms. The molecule has 0 aliphatic heterocycles. The highest BCUT2D eigenvalue weighted by molar-refractivity contribution is 6.91. The lowest BCUT2D eigenvalue weighted by Gasteiger charge is -2.38. The van der Waals surface area contributed by atoms with Gasteiger partial charge < -0.3 is 0 Å². The quantitative estimate of drug-likeness (QED) is 0.0439. The van der Waals surface area contributed by atoms with E-state index in [0.29, 0.717) is 66.4 Å². The molecule has 0 aliphatic carbocycles. The van der Waals surface area contributed by atoms with Crippen LogP contribution in [0.4, 0.5) is 17.6 Å². The Bertz CT molecular complexity index is 2070. The fourth-order valence-corrected chi connectivity index (χ4v) is 18.9. The Morgan fingerprint density at radius 2 is 0.700 bits per heavy atom. The van der Waals surface area contributed by atoms with E-state index < -0.39 is 50.5 Å². The Kier molecular flexibility index (Phi) is 10.2. The summed E-state index contributed by atoms with van der Waals surface area (Å²) in [5.41, 5.74) is 10.6. The lowest BCUT2D eigenvalue weighted by Crippen LogP contribution is -2.43. The van der Waals surface area contributed by atoms with E-state index in [1.807, 2.05) is 24.3 Å². The third kappa shape index (κ3) is 5.79. The number of para-hydroxylation sites is 2. The fourth-order valence-electron chi connectivity index (χ4n) is 8.51. The minimum atomic E-state index is -2.34. The van der Waals surface area contributed by atoms with Crippen molar-refractivity contribution in [2.24, 2.45) is 0 Å². The summed E-state index contributed by atoms with van der Waals surface area (Å²) in [6, 6.07) is 7.41. The van der Waals surface area contributed by atoms with Crippen LogP contribution in [0, 0.1) is 46.2 Å². The normalized spacial score (nSPS) is 12.8. The van der Waals surface area contributed by atoms with Gasteiger partial charge in [0.05, 0.1) is 22.2 Å². The van der Waals surface area contributed by atoms with E-state index in [2.05, 4.69) is 116 Å². The monoisotopic (exact) mass is 714 g/mol. The van der Waals surface area contributed by atoms with E-state index in [-0.39, 0.29) is 11.0 Å². The van der Waals surface area contributed by atoms with Crippen LogP contribution in [0.2, 0.25) is 33.2 Å². The highest BCUT2D eigenvalue weighted by Gasteiger charge is 2.43. The molecule has 0 saturated heterocycles. The zero-order valence-electron chi connectivity index (χ0n) is 31.1. The maximum atomic E-state index is 15.4. The third-order valence-electron chi connectivity index (χ3n) is 10.9. The molecule has 0 N–H and O–H groups in total. The Labute approximate surface area is 294 Å². The zero-order valence-corrected chi connectivity index (χ0v) is 33.1.